The van der Waals surface area contributed by atoms with Crippen molar-refractivity contribution in [3.8, 4) is 0 Å². The van der Waals surface area contributed by atoms with Crippen molar-refractivity contribution in [1.29, 1.82) is 0 Å². The number of anilines is 1. The van der Waals surface area contributed by atoms with Gasteiger partial charge in [0, 0.05) is 14.1 Å². The van der Waals surface area contributed by atoms with Crippen LogP contribution in [0.3, 0.4) is 0 Å². The maximum atomic E-state index is 11.7. The number of carbonyl (C=O) groups excluding carboxylic acids is 1. The molecule has 0 spiro atoms. The van der Waals surface area contributed by atoms with Crippen LogP contribution in [0.25, 0.3) is 0 Å². The summed E-state index contributed by atoms with van der Waals surface area (Å²) in [5.41, 5.74) is 0. The Balaban J connectivity index is 1.94. The van der Waals surface area contributed by atoms with Crippen LogP contribution in [0.5, 0.6) is 0 Å². The maximum Gasteiger partial charge on any atom is 0.415 e. The van der Waals surface area contributed by atoms with Crippen LogP contribution in [-0.4, -0.2) is 52.1 Å². The quantitative estimate of drug-likeness (QED) is 0.857. The van der Waals surface area contributed by atoms with E-state index < -0.39 is 22.4 Å². The number of hydrogen-bond donors (Lipinski definition) is 1. The van der Waals surface area contributed by atoms with Crippen molar-refractivity contribution in [2.24, 2.45) is 0 Å². The molecule has 1 aliphatic heterocycles. The zero-order valence-electron chi connectivity index (χ0n) is 10.6. The summed E-state index contributed by atoms with van der Waals surface area (Å²) in [5, 5.41) is 2.66. The number of rotatable bonds is 5. The van der Waals surface area contributed by atoms with Crippen LogP contribution in [0, 0.1) is 0 Å². The highest BCUT2D eigenvalue weighted by atomic mass is 32.2. The van der Waals surface area contributed by atoms with Gasteiger partial charge in [-0.05, 0) is 17.5 Å². The van der Waals surface area contributed by atoms with Gasteiger partial charge in [0.15, 0.2) is 0 Å². The zero-order valence-corrected chi connectivity index (χ0v) is 12.2. The Morgan fingerprint density at radius 3 is 2.89 bits per heavy atom. The van der Waals surface area contributed by atoms with E-state index in [0.717, 1.165) is 9.31 Å². The molecular weight excluding hydrogens is 290 g/mol. The fourth-order valence-corrected chi connectivity index (χ4v) is 2.94. The first-order valence-electron chi connectivity index (χ1n) is 5.59. The van der Waals surface area contributed by atoms with Gasteiger partial charge in [-0.1, -0.05) is 0 Å². The lowest BCUT2D eigenvalue weighted by Crippen LogP contribution is -2.40. The molecule has 2 rings (SSSR count). The second-order valence-corrected chi connectivity index (χ2v) is 7.10. The molecule has 1 saturated heterocycles. The average molecular weight is 305 g/mol. The van der Waals surface area contributed by atoms with E-state index in [9.17, 15) is 13.2 Å². The van der Waals surface area contributed by atoms with Gasteiger partial charge < -0.3 is 4.74 Å². The van der Waals surface area contributed by atoms with E-state index in [1.54, 1.807) is 0 Å². The summed E-state index contributed by atoms with van der Waals surface area (Å²) in [4.78, 5) is 13.2. The fourth-order valence-electron chi connectivity index (χ4n) is 1.56. The molecule has 9 heteroatoms. The van der Waals surface area contributed by atoms with E-state index in [0.29, 0.717) is 6.54 Å². The molecule has 106 valence electrons. The van der Waals surface area contributed by atoms with Crippen LogP contribution in [0.1, 0.15) is 0 Å². The number of thiophene rings is 1. The third-order valence-electron chi connectivity index (χ3n) is 2.62. The van der Waals surface area contributed by atoms with E-state index in [1.165, 1.54) is 30.3 Å². The van der Waals surface area contributed by atoms with Crippen LogP contribution in [0.4, 0.5) is 9.80 Å². The Hall–Kier alpha value is -1.16. The summed E-state index contributed by atoms with van der Waals surface area (Å²) in [6.07, 6.45) is -0.930. The largest absolute Gasteiger partial charge is 0.443 e. The smallest absolute Gasteiger partial charge is 0.415 e. The molecule has 1 aromatic heterocycles. The average Bonchev–Trinajstić information content (AvgIpc) is 2.95. The maximum absolute atomic E-state index is 11.7. The van der Waals surface area contributed by atoms with E-state index in [2.05, 4.69) is 4.72 Å². The lowest BCUT2D eigenvalue weighted by molar-refractivity contribution is 0.143. The minimum absolute atomic E-state index is 0.0636. The van der Waals surface area contributed by atoms with Crippen LogP contribution < -0.4 is 9.62 Å². The van der Waals surface area contributed by atoms with Crippen LogP contribution in [-0.2, 0) is 14.9 Å². The van der Waals surface area contributed by atoms with Crippen molar-refractivity contribution >= 4 is 32.6 Å². The number of nitrogens with zero attached hydrogens (tertiary/aromatic N) is 2. The molecule has 19 heavy (non-hydrogen) atoms. The van der Waals surface area contributed by atoms with Gasteiger partial charge in [0.2, 0.25) is 0 Å². The van der Waals surface area contributed by atoms with Crippen molar-refractivity contribution in [2.75, 3.05) is 32.1 Å². The van der Waals surface area contributed by atoms with Crippen molar-refractivity contribution < 1.29 is 17.9 Å². The number of carbonyl (C=O) groups is 1. The predicted molar refractivity (Wildman–Crippen MR) is 72.5 cm³/mol. The first-order chi connectivity index (χ1) is 8.90. The SMILES string of the molecule is CN(C)S(=O)(=O)NCC1CN(c2cccs2)C(=O)O1. The summed E-state index contributed by atoms with van der Waals surface area (Å²) in [5.74, 6) is 0. The van der Waals surface area contributed by atoms with E-state index >= 15 is 0 Å². The second kappa shape index (κ2) is 5.45. The molecule has 7 nitrogen and oxygen atoms in total. The predicted octanol–water partition coefficient (Wildman–Crippen LogP) is 0.469. The molecule has 0 radical (unpaired) electrons. The molecular formula is C10H15N3O4S2. The molecule has 1 atom stereocenters. The lowest BCUT2D eigenvalue weighted by Gasteiger charge is -2.14. The number of ether oxygens (including phenoxy) is 1. The molecule has 1 aliphatic rings. The minimum Gasteiger partial charge on any atom is -0.443 e. The van der Waals surface area contributed by atoms with Crippen LogP contribution >= 0.6 is 11.3 Å². The Bertz CT molecular complexity index is 541. The van der Waals surface area contributed by atoms with Gasteiger partial charge in [-0.15, -0.1) is 11.3 Å². The van der Waals surface area contributed by atoms with E-state index in [4.69, 9.17) is 4.74 Å². The minimum atomic E-state index is -3.50. The van der Waals surface area contributed by atoms with Gasteiger partial charge >= 0.3 is 6.09 Å². The summed E-state index contributed by atoms with van der Waals surface area (Å²) in [7, 11) is -0.635. The van der Waals surface area contributed by atoms with E-state index in [1.807, 2.05) is 17.5 Å². The summed E-state index contributed by atoms with van der Waals surface area (Å²) in [6, 6.07) is 3.66. The van der Waals surface area contributed by atoms with E-state index in [-0.39, 0.29) is 6.54 Å². The van der Waals surface area contributed by atoms with Crippen LogP contribution in [0.2, 0.25) is 0 Å². The van der Waals surface area contributed by atoms with Gasteiger partial charge in [0.1, 0.15) is 11.1 Å². The van der Waals surface area contributed by atoms with Crippen molar-refractivity contribution in [1.82, 2.24) is 9.03 Å². The monoisotopic (exact) mass is 305 g/mol. The standard InChI is InChI=1S/C10H15N3O4S2/c1-12(2)19(15,16)11-6-8-7-13(10(14)17-8)9-4-3-5-18-9/h3-5,8,11H,6-7H2,1-2H3. The Morgan fingerprint density at radius 1 is 1.58 bits per heavy atom. The Labute approximate surface area is 115 Å². The molecule has 0 bridgehead atoms. The molecule has 2 heterocycles. The number of cyclic esters (lactones) is 1. The Kier molecular flexibility index (Phi) is 4.09. The van der Waals surface area contributed by atoms with Gasteiger partial charge in [0.25, 0.3) is 10.2 Å². The van der Waals surface area contributed by atoms with Gasteiger partial charge in [-0.25, -0.2) is 4.79 Å². The summed E-state index contributed by atoms with van der Waals surface area (Å²) >= 11 is 1.43. The molecule has 1 unspecified atom stereocenters. The highest BCUT2D eigenvalue weighted by molar-refractivity contribution is 7.87. The van der Waals surface area contributed by atoms with Gasteiger partial charge in [-0.3, -0.25) is 4.90 Å². The third-order valence-corrected chi connectivity index (χ3v) is 5.00. The van der Waals surface area contributed by atoms with Crippen molar-refractivity contribution in [3.05, 3.63) is 17.5 Å². The molecule has 1 amide bonds. The highest BCUT2D eigenvalue weighted by Gasteiger charge is 2.33. The van der Waals surface area contributed by atoms with Crippen molar-refractivity contribution in [2.45, 2.75) is 6.10 Å². The first kappa shape index (κ1) is 14.3. The second-order valence-electron chi connectivity index (χ2n) is 4.20. The summed E-state index contributed by atoms with van der Waals surface area (Å²) in [6.45, 7) is 0.406. The first-order valence-corrected chi connectivity index (χ1v) is 7.91. The normalized spacial score (nSPS) is 20.1. The topological polar surface area (TPSA) is 79.0 Å². The lowest BCUT2D eigenvalue weighted by atomic mass is 10.3. The van der Waals surface area contributed by atoms with Crippen molar-refractivity contribution in [3.63, 3.8) is 0 Å². The fraction of sp³-hybridized carbons (Fsp3) is 0.500. The number of amides is 1. The number of hydrogen-bond acceptors (Lipinski definition) is 5. The number of nitrogens with one attached hydrogen (secondary N) is 1. The van der Waals surface area contributed by atoms with Gasteiger partial charge in [-0.2, -0.15) is 17.4 Å². The molecule has 1 fully saturated rings. The highest BCUT2D eigenvalue weighted by Crippen LogP contribution is 2.26. The van der Waals surface area contributed by atoms with Gasteiger partial charge in [0.05, 0.1) is 13.1 Å². The third kappa shape index (κ3) is 3.24. The Morgan fingerprint density at radius 2 is 2.32 bits per heavy atom. The van der Waals surface area contributed by atoms with Crippen LogP contribution in [0.15, 0.2) is 17.5 Å². The summed E-state index contributed by atoms with van der Waals surface area (Å²) < 4.78 is 31.7. The molecule has 0 aromatic carbocycles. The zero-order chi connectivity index (χ0) is 14.0. The molecule has 1 aromatic rings. The molecule has 0 saturated carbocycles. The molecule has 0 aliphatic carbocycles. The molecule has 1 N–H and O–H groups in total.